The fourth-order valence-corrected chi connectivity index (χ4v) is 5.64. The normalized spacial score (nSPS) is 16.5. The molecule has 6 rings (SSSR count). The van der Waals surface area contributed by atoms with E-state index in [1.54, 1.807) is 38.1 Å². The molecule has 0 radical (unpaired) electrons. The third-order valence-electron chi connectivity index (χ3n) is 7.71. The van der Waals surface area contributed by atoms with Gasteiger partial charge >= 0.3 is 0 Å². The van der Waals surface area contributed by atoms with Gasteiger partial charge in [0.05, 0.1) is 15.7 Å². The van der Waals surface area contributed by atoms with Crippen molar-refractivity contribution in [2.24, 2.45) is 5.73 Å². The van der Waals surface area contributed by atoms with Gasteiger partial charge in [0.1, 0.15) is 34.8 Å². The SMILES string of the molecule is Cc1nc2ccc(C(=O)NC[C@@H](c3ccccc3)c3cc4c(c(-c5ccc(F)c(Cl)c5Cl)n3)OC[C@]4(C)C(N)=O)cc2o1. The summed E-state index contributed by atoms with van der Waals surface area (Å²) in [5, 5.41) is 2.69. The molecule has 0 unspecified atom stereocenters. The van der Waals surface area contributed by atoms with Gasteiger partial charge in [-0.05, 0) is 48.9 Å². The summed E-state index contributed by atoms with van der Waals surface area (Å²) in [6.07, 6.45) is 0. The van der Waals surface area contributed by atoms with Gasteiger partial charge in [-0.3, -0.25) is 9.59 Å². The van der Waals surface area contributed by atoms with Crippen LogP contribution in [0.5, 0.6) is 5.75 Å². The number of aryl methyl sites for hydroxylation is 1. The number of nitrogens with two attached hydrogens (primary N) is 1. The van der Waals surface area contributed by atoms with Gasteiger partial charge in [0.25, 0.3) is 5.91 Å². The van der Waals surface area contributed by atoms with Crippen molar-refractivity contribution in [2.75, 3.05) is 13.2 Å². The second-order valence-corrected chi connectivity index (χ2v) is 11.3. The van der Waals surface area contributed by atoms with E-state index in [0.29, 0.717) is 45.1 Å². The summed E-state index contributed by atoms with van der Waals surface area (Å²) in [5.74, 6) is -1.25. The largest absolute Gasteiger partial charge is 0.489 e. The maximum absolute atomic E-state index is 14.2. The maximum Gasteiger partial charge on any atom is 0.251 e. The first-order valence-electron chi connectivity index (χ1n) is 13.4. The number of halogens is 3. The molecule has 0 aliphatic carbocycles. The fourth-order valence-electron chi connectivity index (χ4n) is 5.23. The summed E-state index contributed by atoms with van der Waals surface area (Å²) in [5.41, 5.74) is 8.72. The Bertz CT molecular complexity index is 1910. The average Bonchev–Trinajstić information content (AvgIpc) is 3.55. The number of ether oxygens (including phenoxy) is 1. The monoisotopic (exact) mass is 618 g/mol. The third-order valence-corrected chi connectivity index (χ3v) is 8.57. The van der Waals surface area contributed by atoms with Crippen molar-refractivity contribution in [2.45, 2.75) is 25.2 Å². The smallest absolute Gasteiger partial charge is 0.251 e. The van der Waals surface area contributed by atoms with E-state index in [0.717, 1.165) is 5.56 Å². The number of hydrogen-bond acceptors (Lipinski definition) is 6. The number of rotatable bonds is 7. The highest BCUT2D eigenvalue weighted by molar-refractivity contribution is 6.43. The van der Waals surface area contributed by atoms with Crippen molar-refractivity contribution in [3.63, 3.8) is 0 Å². The lowest BCUT2D eigenvalue weighted by Gasteiger charge is -2.23. The molecule has 0 saturated heterocycles. The third kappa shape index (κ3) is 5.08. The standard InChI is InChI=1S/C32H25Cl2FN4O4/c1-16-38-23-11-8-18(12-25(23)43-16)30(40)37-14-20(17-6-4-3-5-7-17)24-13-21-29(42-15-32(21,2)31(36)41)28(39-24)19-9-10-22(35)27(34)26(19)33/h3-13,20H,14-15H2,1-2H3,(H2,36,41)(H,37,40)/t20-,32-/m0/s1. The number of aromatic nitrogens is 2. The summed E-state index contributed by atoms with van der Waals surface area (Å²) in [6, 6.07) is 18.9. The zero-order chi connectivity index (χ0) is 30.5. The number of nitrogens with zero attached hydrogens (tertiary/aromatic N) is 2. The number of benzene rings is 3. The minimum absolute atomic E-state index is 0.0152. The zero-order valence-electron chi connectivity index (χ0n) is 23.1. The van der Waals surface area contributed by atoms with E-state index in [-0.39, 0.29) is 34.8 Å². The van der Waals surface area contributed by atoms with E-state index in [1.165, 1.54) is 12.1 Å². The van der Waals surface area contributed by atoms with Gasteiger partial charge in [0.15, 0.2) is 11.5 Å². The van der Waals surface area contributed by atoms with E-state index in [1.807, 2.05) is 30.3 Å². The van der Waals surface area contributed by atoms with Crippen LogP contribution in [0.4, 0.5) is 4.39 Å². The number of oxazole rings is 1. The topological polar surface area (TPSA) is 120 Å². The number of amides is 2. The lowest BCUT2D eigenvalue weighted by atomic mass is 9.81. The Kier molecular flexibility index (Phi) is 7.31. The van der Waals surface area contributed by atoms with Gasteiger partial charge in [-0.1, -0.05) is 53.5 Å². The Morgan fingerprint density at radius 3 is 2.58 bits per heavy atom. The highest BCUT2D eigenvalue weighted by atomic mass is 35.5. The van der Waals surface area contributed by atoms with Crippen LogP contribution in [0.3, 0.4) is 0 Å². The van der Waals surface area contributed by atoms with Crippen molar-refractivity contribution < 1.29 is 23.1 Å². The van der Waals surface area contributed by atoms with Gasteiger partial charge in [-0.15, -0.1) is 0 Å². The summed E-state index contributed by atoms with van der Waals surface area (Å²) < 4.78 is 25.8. The summed E-state index contributed by atoms with van der Waals surface area (Å²) in [6.45, 7) is 3.56. The molecule has 5 aromatic rings. The Morgan fingerprint density at radius 2 is 1.84 bits per heavy atom. The lowest BCUT2D eigenvalue weighted by molar-refractivity contribution is -0.123. The number of carbonyl (C=O) groups is 2. The Hall–Kier alpha value is -4.47. The number of fused-ring (bicyclic) bond motifs is 2. The molecule has 2 atom stereocenters. The Morgan fingerprint density at radius 1 is 1.07 bits per heavy atom. The van der Waals surface area contributed by atoms with Crippen LogP contribution in [0, 0.1) is 12.7 Å². The number of carbonyl (C=O) groups excluding carboxylic acids is 2. The van der Waals surface area contributed by atoms with Gasteiger partial charge in [0, 0.05) is 36.1 Å². The van der Waals surface area contributed by atoms with Crippen LogP contribution >= 0.6 is 23.2 Å². The van der Waals surface area contributed by atoms with E-state index in [2.05, 4.69) is 10.3 Å². The molecule has 3 heterocycles. The molecule has 8 nitrogen and oxygen atoms in total. The molecule has 1 aliphatic heterocycles. The molecular weight excluding hydrogens is 594 g/mol. The molecule has 1 aliphatic rings. The molecule has 0 bridgehead atoms. The summed E-state index contributed by atoms with van der Waals surface area (Å²) in [4.78, 5) is 35.2. The average molecular weight is 619 g/mol. The maximum atomic E-state index is 14.2. The van der Waals surface area contributed by atoms with Gasteiger partial charge in [-0.25, -0.2) is 14.4 Å². The van der Waals surface area contributed by atoms with Crippen LogP contribution in [-0.4, -0.2) is 34.9 Å². The molecule has 3 aromatic carbocycles. The van der Waals surface area contributed by atoms with Gasteiger partial charge in [0.2, 0.25) is 5.91 Å². The Labute approximate surface area is 256 Å². The summed E-state index contributed by atoms with van der Waals surface area (Å²) in [7, 11) is 0. The number of hydrogen-bond donors (Lipinski definition) is 2. The van der Waals surface area contributed by atoms with Crippen LogP contribution in [-0.2, 0) is 10.2 Å². The van der Waals surface area contributed by atoms with Crippen LogP contribution in [0.15, 0.2) is 71.1 Å². The molecule has 3 N–H and O–H groups in total. The molecule has 0 saturated carbocycles. The van der Waals surface area contributed by atoms with Gasteiger partial charge in [-0.2, -0.15) is 0 Å². The molecule has 43 heavy (non-hydrogen) atoms. The predicted molar refractivity (Wildman–Crippen MR) is 161 cm³/mol. The second-order valence-electron chi connectivity index (χ2n) is 10.6. The minimum Gasteiger partial charge on any atom is -0.489 e. The molecule has 2 aromatic heterocycles. The van der Waals surface area contributed by atoms with Crippen molar-refractivity contribution in [3.8, 4) is 17.0 Å². The van der Waals surface area contributed by atoms with E-state index in [9.17, 15) is 14.0 Å². The van der Waals surface area contributed by atoms with E-state index >= 15 is 0 Å². The van der Waals surface area contributed by atoms with Crippen molar-refractivity contribution >= 4 is 46.1 Å². The van der Waals surface area contributed by atoms with Crippen molar-refractivity contribution in [1.29, 1.82) is 0 Å². The predicted octanol–water partition coefficient (Wildman–Crippen LogP) is 6.34. The first-order chi connectivity index (χ1) is 20.6. The molecular formula is C32H25Cl2FN4O4. The fraction of sp³-hybridized carbons (Fsp3) is 0.188. The number of nitrogens with one attached hydrogen (secondary N) is 1. The minimum atomic E-state index is -1.17. The van der Waals surface area contributed by atoms with Crippen LogP contribution in [0.25, 0.3) is 22.4 Å². The van der Waals surface area contributed by atoms with Gasteiger partial charge < -0.3 is 20.2 Å². The highest BCUT2D eigenvalue weighted by Crippen LogP contribution is 2.48. The molecule has 218 valence electrons. The molecule has 0 spiro atoms. The first-order valence-corrected chi connectivity index (χ1v) is 14.1. The van der Waals surface area contributed by atoms with Crippen molar-refractivity contribution in [1.82, 2.24) is 15.3 Å². The number of pyridine rings is 1. The van der Waals surface area contributed by atoms with E-state index in [4.69, 9.17) is 43.1 Å². The quantitative estimate of drug-likeness (QED) is 0.205. The zero-order valence-corrected chi connectivity index (χ0v) is 24.6. The van der Waals surface area contributed by atoms with Crippen LogP contribution in [0.1, 0.15) is 45.9 Å². The Balaban J connectivity index is 1.45. The molecule has 11 heteroatoms. The first kappa shape index (κ1) is 28.6. The van der Waals surface area contributed by atoms with Crippen LogP contribution < -0.4 is 15.8 Å². The van der Waals surface area contributed by atoms with Crippen molar-refractivity contribution in [3.05, 3.63) is 111 Å². The molecule has 0 fully saturated rings. The van der Waals surface area contributed by atoms with E-state index < -0.39 is 23.1 Å². The highest BCUT2D eigenvalue weighted by Gasteiger charge is 2.44. The summed E-state index contributed by atoms with van der Waals surface area (Å²) >= 11 is 12.7. The van der Waals surface area contributed by atoms with Crippen LogP contribution in [0.2, 0.25) is 10.0 Å². The number of primary amides is 1. The second kappa shape index (κ2) is 11.0. The lowest BCUT2D eigenvalue weighted by Crippen LogP contribution is -2.40. The molecule has 2 amide bonds.